The molecule has 1 N–H and O–H groups in total. The maximum absolute atomic E-state index is 12.6. The molecule has 1 aromatic heterocycles. The molecule has 112 valence electrons. The van der Waals surface area contributed by atoms with Crippen LogP contribution in [0.15, 0.2) is 42.6 Å². The van der Waals surface area contributed by atoms with Crippen molar-refractivity contribution in [3.63, 3.8) is 0 Å². The van der Waals surface area contributed by atoms with E-state index in [-0.39, 0.29) is 6.04 Å². The van der Waals surface area contributed by atoms with E-state index in [9.17, 15) is 13.2 Å². The van der Waals surface area contributed by atoms with Crippen LogP contribution in [0.1, 0.15) is 28.4 Å². The molecule has 1 heterocycles. The molecule has 0 bridgehead atoms. The lowest BCUT2D eigenvalue weighted by Crippen LogP contribution is -2.20. The lowest BCUT2D eigenvalue weighted by Gasteiger charge is -2.18. The molecule has 0 saturated heterocycles. The predicted octanol–water partition coefficient (Wildman–Crippen LogP) is 3.91. The summed E-state index contributed by atoms with van der Waals surface area (Å²) in [6, 6.07) is 9.04. The highest BCUT2D eigenvalue weighted by molar-refractivity contribution is 5.29. The normalized spacial score (nSPS) is 13.2. The smallest absolute Gasteiger partial charge is 0.313 e. The first-order chi connectivity index (χ1) is 9.91. The predicted molar refractivity (Wildman–Crippen MR) is 75.9 cm³/mol. The van der Waals surface area contributed by atoms with Gasteiger partial charge in [-0.15, -0.1) is 0 Å². The fraction of sp³-hybridized carbons (Fsp3) is 0.312. The number of pyridine rings is 1. The summed E-state index contributed by atoms with van der Waals surface area (Å²) in [4.78, 5) is 4.33. The molecule has 21 heavy (non-hydrogen) atoms. The molecule has 2 nitrogen and oxygen atoms in total. The average Bonchev–Trinajstić information content (AvgIpc) is 2.46. The van der Waals surface area contributed by atoms with E-state index in [1.807, 2.05) is 19.1 Å². The van der Waals surface area contributed by atoms with Gasteiger partial charge in [0.25, 0.3) is 0 Å². The minimum absolute atomic E-state index is 0.0686. The van der Waals surface area contributed by atoms with E-state index in [4.69, 9.17) is 0 Å². The molecule has 1 unspecified atom stereocenters. The van der Waals surface area contributed by atoms with Crippen LogP contribution < -0.4 is 5.32 Å². The number of nitrogens with one attached hydrogen (secondary N) is 1. The van der Waals surface area contributed by atoms with Gasteiger partial charge >= 0.3 is 6.18 Å². The number of rotatable bonds is 4. The first-order valence-corrected chi connectivity index (χ1v) is 6.66. The van der Waals surface area contributed by atoms with Crippen LogP contribution in [0.5, 0.6) is 0 Å². The van der Waals surface area contributed by atoms with Crippen LogP contribution in [0, 0.1) is 6.92 Å². The highest BCUT2D eigenvalue weighted by atomic mass is 19.4. The molecule has 2 aromatic rings. The second-order valence-corrected chi connectivity index (χ2v) is 4.93. The minimum atomic E-state index is -4.30. The number of nitrogens with zero attached hydrogens (tertiary/aromatic N) is 1. The number of benzene rings is 1. The summed E-state index contributed by atoms with van der Waals surface area (Å²) in [5.74, 6) is 0. The van der Waals surface area contributed by atoms with E-state index in [2.05, 4.69) is 10.3 Å². The molecular formula is C16H17F3N2. The largest absolute Gasteiger partial charge is 0.416 e. The monoisotopic (exact) mass is 294 g/mol. The fourth-order valence-electron chi connectivity index (χ4n) is 2.22. The van der Waals surface area contributed by atoms with E-state index < -0.39 is 11.7 Å². The maximum atomic E-state index is 12.6. The number of aromatic nitrogens is 1. The fourth-order valence-corrected chi connectivity index (χ4v) is 2.22. The molecule has 0 aliphatic rings. The number of hydrogen-bond acceptors (Lipinski definition) is 2. The first-order valence-electron chi connectivity index (χ1n) is 6.66. The quantitative estimate of drug-likeness (QED) is 0.924. The van der Waals surface area contributed by atoms with Crippen LogP contribution in [0.25, 0.3) is 0 Å². The van der Waals surface area contributed by atoms with E-state index in [1.165, 1.54) is 12.1 Å². The summed E-state index contributed by atoms with van der Waals surface area (Å²) in [6.07, 6.45) is -1.94. The summed E-state index contributed by atoms with van der Waals surface area (Å²) < 4.78 is 37.7. The summed E-state index contributed by atoms with van der Waals surface area (Å²) >= 11 is 0. The van der Waals surface area contributed by atoms with Gasteiger partial charge in [0.1, 0.15) is 0 Å². The van der Waals surface area contributed by atoms with E-state index in [0.29, 0.717) is 6.42 Å². The topological polar surface area (TPSA) is 24.9 Å². The van der Waals surface area contributed by atoms with Gasteiger partial charge < -0.3 is 5.32 Å². The maximum Gasteiger partial charge on any atom is 0.416 e. The van der Waals surface area contributed by atoms with Crippen molar-refractivity contribution in [1.29, 1.82) is 0 Å². The van der Waals surface area contributed by atoms with Crippen LogP contribution in [-0.2, 0) is 12.6 Å². The van der Waals surface area contributed by atoms with Crippen molar-refractivity contribution < 1.29 is 13.2 Å². The SMILES string of the molecule is CNC(Cc1ncccc1C)c1ccc(C(F)(F)F)cc1. The van der Waals surface area contributed by atoms with Crippen LogP contribution in [0.4, 0.5) is 13.2 Å². The van der Waals surface area contributed by atoms with Gasteiger partial charge in [-0.2, -0.15) is 13.2 Å². The van der Waals surface area contributed by atoms with Crippen LogP contribution in [0.2, 0.25) is 0 Å². The van der Waals surface area contributed by atoms with Crippen molar-refractivity contribution in [3.8, 4) is 0 Å². The zero-order valence-corrected chi connectivity index (χ0v) is 11.9. The molecule has 0 aliphatic carbocycles. The highest BCUT2D eigenvalue weighted by Crippen LogP contribution is 2.30. The molecule has 2 rings (SSSR count). The number of likely N-dealkylation sites (N-methyl/N-ethyl adjacent to an activating group) is 1. The van der Waals surface area contributed by atoms with Gasteiger partial charge in [0.15, 0.2) is 0 Å². The Hall–Kier alpha value is -1.88. The second-order valence-electron chi connectivity index (χ2n) is 4.93. The number of halogens is 3. The van der Waals surface area contributed by atoms with E-state index >= 15 is 0 Å². The van der Waals surface area contributed by atoms with Gasteiger partial charge in [-0.05, 0) is 43.3 Å². The Morgan fingerprint density at radius 2 is 1.81 bits per heavy atom. The van der Waals surface area contributed by atoms with Gasteiger partial charge in [0, 0.05) is 24.4 Å². The number of hydrogen-bond donors (Lipinski definition) is 1. The Labute approximate surface area is 122 Å². The number of aryl methyl sites for hydroxylation is 1. The molecule has 1 aromatic carbocycles. The van der Waals surface area contributed by atoms with Gasteiger partial charge in [-0.25, -0.2) is 0 Å². The van der Waals surface area contributed by atoms with E-state index in [0.717, 1.165) is 29.0 Å². The number of alkyl halides is 3. The molecule has 0 saturated carbocycles. The van der Waals surface area contributed by atoms with E-state index in [1.54, 1.807) is 13.2 Å². The lowest BCUT2D eigenvalue weighted by molar-refractivity contribution is -0.137. The van der Waals surface area contributed by atoms with Crippen LogP contribution >= 0.6 is 0 Å². The standard InChI is InChI=1S/C16H17F3N2/c1-11-4-3-9-21-14(11)10-15(20-2)12-5-7-13(8-6-12)16(17,18)19/h3-9,15,20H,10H2,1-2H3. The first kappa shape index (κ1) is 15.5. The van der Waals surface area contributed by atoms with Crippen molar-refractivity contribution in [3.05, 3.63) is 65.0 Å². The van der Waals surface area contributed by atoms with Crippen molar-refractivity contribution >= 4 is 0 Å². The molecule has 0 aliphatic heterocycles. The Balaban J connectivity index is 2.20. The van der Waals surface area contributed by atoms with Gasteiger partial charge in [-0.1, -0.05) is 18.2 Å². The van der Waals surface area contributed by atoms with Gasteiger partial charge in [-0.3, -0.25) is 4.98 Å². The zero-order valence-electron chi connectivity index (χ0n) is 11.9. The van der Waals surface area contributed by atoms with Crippen molar-refractivity contribution in [2.45, 2.75) is 25.6 Å². The summed E-state index contributed by atoms with van der Waals surface area (Å²) in [7, 11) is 1.79. The molecule has 0 spiro atoms. The third-order valence-corrected chi connectivity index (χ3v) is 3.50. The molecule has 5 heteroatoms. The molecule has 1 atom stereocenters. The van der Waals surface area contributed by atoms with Crippen LogP contribution in [-0.4, -0.2) is 12.0 Å². The molecule has 0 radical (unpaired) electrons. The Morgan fingerprint density at radius 1 is 1.14 bits per heavy atom. The van der Waals surface area contributed by atoms with Crippen molar-refractivity contribution in [2.75, 3.05) is 7.05 Å². The summed E-state index contributed by atoms with van der Waals surface area (Å²) in [5.41, 5.74) is 2.20. The highest BCUT2D eigenvalue weighted by Gasteiger charge is 2.30. The van der Waals surface area contributed by atoms with Gasteiger partial charge in [0.2, 0.25) is 0 Å². The van der Waals surface area contributed by atoms with Crippen molar-refractivity contribution in [1.82, 2.24) is 10.3 Å². The third-order valence-electron chi connectivity index (χ3n) is 3.50. The Kier molecular flexibility index (Phi) is 4.63. The Bertz CT molecular complexity index is 591. The van der Waals surface area contributed by atoms with Crippen LogP contribution in [0.3, 0.4) is 0 Å². The lowest BCUT2D eigenvalue weighted by atomic mass is 9.98. The third kappa shape index (κ3) is 3.82. The molecular weight excluding hydrogens is 277 g/mol. The second kappa shape index (κ2) is 6.26. The summed E-state index contributed by atoms with van der Waals surface area (Å²) in [5, 5.41) is 3.13. The minimum Gasteiger partial charge on any atom is -0.313 e. The molecule has 0 amide bonds. The molecule has 0 fully saturated rings. The zero-order chi connectivity index (χ0) is 15.5. The average molecular weight is 294 g/mol. The summed E-state index contributed by atoms with van der Waals surface area (Å²) in [6.45, 7) is 1.97. The van der Waals surface area contributed by atoms with Gasteiger partial charge in [0.05, 0.1) is 5.56 Å². The Morgan fingerprint density at radius 3 is 2.33 bits per heavy atom. The van der Waals surface area contributed by atoms with Crippen molar-refractivity contribution in [2.24, 2.45) is 0 Å².